The van der Waals surface area contributed by atoms with Crippen molar-refractivity contribution in [1.82, 2.24) is 30.2 Å². The molecule has 0 aliphatic rings. The maximum Gasteiger partial charge on any atom is 0.259 e. The third-order valence-electron chi connectivity index (χ3n) is 5.07. The number of rotatable bonds is 9. The summed E-state index contributed by atoms with van der Waals surface area (Å²) in [6.45, 7) is 5.24. The third-order valence-corrected chi connectivity index (χ3v) is 5.07. The molecular formula is C23H28N6O2. The normalized spacial score (nSPS) is 11.6. The van der Waals surface area contributed by atoms with Gasteiger partial charge in [0.05, 0.1) is 40.4 Å². The molecule has 4 rings (SSSR count). The number of benzene rings is 2. The molecule has 0 saturated carbocycles. The fourth-order valence-corrected chi connectivity index (χ4v) is 3.44. The maximum absolute atomic E-state index is 12.8. The average molecular weight is 421 g/mol. The van der Waals surface area contributed by atoms with Gasteiger partial charge in [-0.3, -0.25) is 4.79 Å². The Balaban J connectivity index is 1.72. The smallest absolute Gasteiger partial charge is 0.259 e. The number of likely N-dealkylation sites (N-methyl/N-ethyl adjacent to an activating group) is 1. The Kier molecular flexibility index (Phi) is 6.29. The Morgan fingerprint density at radius 2 is 2.03 bits per heavy atom. The predicted molar refractivity (Wildman–Crippen MR) is 123 cm³/mol. The summed E-state index contributed by atoms with van der Waals surface area (Å²) in [7, 11) is 4.11. The monoisotopic (exact) mass is 420 g/mol. The van der Waals surface area contributed by atoms with Crippen molar-refractivity contribution in [3.05, 3.63) is 52.6 Å². The number of aromatic nitrogens is 4. The highest BCUT2D eigenvalue weighted by molar-refractivity contribution is 5.93. The molecule has 3 N–H and O–H groups in total. The Hall–Kier alpha value is -3.23. The fourth-order valence-electron chi connectivity index (χ4n) is 3.44. The molecule has 2 heterocycles. The molecule has 0 bridgehead atoms. The van der Waals surface area contributed by atoms with E-state index in [-0.39, 0.29) is 5.56 Å². The Labute approximate surface area is 180 Å². The standard InChI is InChI=1S/C23H28N6O2/c1-4-9-31-21-6-5-15(13-24-7-8-29(2)3)10-17(21)22-27-18-12-20-19(25-14-26-20)11-16(18)23(30)28-22/h5-6,10-12,14,24H,4,7-9,13H2,1-3H3,(H,25,26)(H,27,28,30). The highest BCUT2D eigenvalue weighted by Crippen LogP contribution is 2.30. The minimum atomic E-state index is -0.188. The molecule has 0 aliphatic carbocycles. The molecule has 0 radical (unpaired) electrons. The Morgan fingerprint density at radius 1 is 1.16 bits per heavy atom. The van der Waals surface area contributed by atoms with Gasteiger partial charge in [-0.05, 0) is 50.3 Å². The zero-order chi connectivity index (χ0) is 21.8. The first-order valence-electron chi connectivity index (χ1n) is 10.5. The van der Waals surface area contributed by atoms with Crippen molar-refractivity contribution in [2.45, 2.75) is 19.9 Å². The van der Waals surface area contributed by atoms with Crippen molar-refractivity contribution >= 4 is 21.9 Å². The van der Waals surface area contributed by atoms with Crippen LogP contribution in [0.1, 0.15) is 18.9 Å². The lowest BCUT2D eigenvalue weighted by Gasteiger charge is -2.14. The third kappa shape index (κ3) is 4.76. The SMILES string of the molecule is CCCOc1ccc(CNCCN(C)C)cc1-c1nc2cc3nc[nH]c3cc2c(=O)[nH]1. The van der Waals surface area contributed by atoms with Crippen LogP contribution >= 0.6 is 0 Å². The Bertz CT molecular complexity index is 1240. The summed E-state index contributed by atoms with van der Waals surface area (Å²) in [6, 6.07) is 9.65. The van der Waals surface area contributed by atoms with Gasteiger partial charge in [0.15, 0.2) is 0 Å². The molecule has 8 heteroatoms. The summed E-state index contributed by atoms with van der Waals surface area (Å²) in [5, 5.41) is 3.97. The van der Waals surface area contributed by atoms with Gasteiger partial charge < -0.3 is 24.9 Å². The van der Waals surface area contributed by atoms with Gasteiger partial charge in [0.2, 0.25) is 0 Å². The zero-order valence-corrected chi connectivity index (χ0v) is 18.2. The van der Waals surface area contributed by atoms with Crippen molar-refractivity contribution in [2.24, 2.45) is 0 Å². The summed E-state index contributed by atoms with van der Waals surface area (Å²) in [5.41, 5.74) is 3.88. The molecule has 31 heavy (non-hydrogen) atoms. The van der Waals surface area contributed by atoms with Gasteiger partial charge in [0.1, 0.15) is 11.6 Å². The molecule has 2 aromatic heterocycles. The van der Waals surface area contributed by atoms with Gasteiger partial charge in [0, 0.05) is 19.6 Å². The van der Waals surface area contributed by atoms with E-state index in [9.17, 15) is 4.79 Å². The number of hydrogen-bond donors (Lipinski definition) is 3. The fraction of sp³-hybridized carbons (Fsp3) is 0.348. The molecule has 4 aromatic rings. The summed E-state index contributed by atoms with van der Waals surface area (Å²) >= 11 is 0. The van der Waals surface area contributed by atoms with Crippen molar-refractivity contribution in [3.8, 4) is 17.1 Å². The van der Waals surface area contributed by atoms with E-state index in [1.807, 2.05) is 24.3 Å². The van der Waals surface area contributed by atoms with E-state index in [1.54, 1.807) is 12.4 Å². The van der Waals surface area contributed by atoms with E-state index in [0.29, 0.717) is 29.1 Å². The van der Waals surface area contributed by atoms with Crippen LogP contribution < -0.4 is 15.6 Å². The van der Waals surface area contributed by atoms with Crippen molar-refractivity contribution in [2.75, 3.05) is 33.8 Å². The van der Waals surface area contributed by atoms with Gasteiger partial charge in [-0.25, -0.2) is 9.97 Å². The highest BCUT2D eigenvalue weighted by Gasteiger charge is 2.14. The molecule has 0 saturated heterocycles. The van der Waals surface area contributed by atoms with E-state index in [4.69, 9.17) is 9.72 Å². The largest absolute Gasteiger partial charge is 0.493 e. The number of ether oxygens (including phenoxy) is 1. The second kappa shape index (κ2) is 9.28. The molecule has 0 spiro atoms. The lowest BCUT2D eigenvalue weighted by molar-refractivity contribution is 0.318. The Morgan fingerprint density at radius 3 is 2.84 bits per heavy atom. The van der Waals surface area contributed by atoms with Crippen LogP contribution in [0.25, 0.3) is 33.3 Å². The van der Waals surface area contributed by atoms with Gasteiger partial charge >= 0.3 is 0 Å². The maximum atomic E-state index is 12.8. The molecule has 0 amide bonds. The second-order valence-corrected chi connectivity index (χ2v) is 7.86. The molecule has 0 unspecified atom stereocenters. The van der Waals surface area contributed by atoms with Gasteiger partial charge in [-0.2, -0.15) is 0 Å². The van der Waals surface area contributed by atoms with Crippen molar-refractivity contribution in [1.29, 1.82) is 0 Å². The quantitative estimate of drug-likeness (QED) is 0.360. The lowest BCUT2D eigenvalue weighted by atomic mass is 10.1. The van der Waals surface area contributed by atoms with Crippen LogP contribution in [0.4, 0.5) is 0 Å². The van der Waals surface area contributed by atoms with Gasteiger partial charge in [-0.1, -0.05) is 13.0 Å². The number of fused-ring (bicyclic) bond motifs is 2. The van der Waals surface area contributed by atoms with E-state index in [0.717, 1.165) is 48.2 Å². The van der Waals surface area contributed by atoms with E-state index in [2.05, 4.69) is 46.2 Å². The first kappa shape index (κ1) is 21.0. The first-order valence-corrected chi connectivity index (χ1v) is 10.5. The number of nitrogens with one attached hydrogen (secondary N) is 3. The predicted octanol–water partition coefficient (Wildman–Crippen LogP) is 2.91. The number of aromatic amines is 2. The lowest BCUT2D eigenvalue weighted by Crippen LogP contribution is -2.26. The van der Waals surface area contributed by atoms with Crippen LogP contribution in [0.15, 0.2) is 41.5 Å². The van der Waals surface area contributed by atoms with Crippen molar-refractivity contribution in [3.63, 3.8) is 0 Å². The number of nitrogens with zero attached hydrogens (tertiary/aromatic N) is 3. The first-order chi connectivity index (χ1) is 15.0. The van der Waals surface area contributed by atoms with Crippen LogP contribution in [-0.4, -0.2) is 58.6 Å². The average Bonchev–Trinajstić information content (AvgIpc) is 3.21. The number of H-pyrrole nitrogens is 2. The van der Waals surface area contributed by atoms with E-state index in [1.165, 1.54) is 0 Å². The molecule has 2 aromatic carbocycles. The number of imidazole rings is 1. The topological polar surface area (TPSA) is 98.9 Å². The summed E-state index contributed by atoms with van der Waals surface area (Å²) in [4.78, 5) is 30.0. The minimum absolute atomic E-state index is 0.188. The summed E-state index contributed by atoms with van der Waals surface area (Å²) in [6.07, 6.45) is 2.51. The van der Waals surface area contributed by atoms with E-state index >= 15 is 0 Å². The molecular weight excluding hydrogens is 392 g/mol. The summed E-state index contributed by atoms with van der Waals surface area (Å²) in [5.74, 6) is 1.20. The molecule has 162 valence electrons. The van der Waals surface area contributed by atoms with E-state index < -0.39 is 0 Å². The zero-order valence-electron chi connectivity index (χ0n) is 18.2. The van der Waals surface area contributed by atoms with Crippen molar-refractivity contribution < 1.29 is 4.74 Å². The highest BCUT2D eigenvalue weighted by atomic mass is 16.5. The number of hydrogen-bond acceptors (Lipinski definition) is 6. The molecule has 0 atom stereocenters. The van der Waals surface area contributed by atoms with Crippen LogP contribution in [-0.2, 0) is 6.54 Å². The minimum Gasteiger partial charge on any atom is -0.493 e. The second-order valence-electron chi connectivity index (χ2n) is 7.86. The molecule has 0 aliphatic heterocycles. The van der Waals surface area contributed by atoms with Gasteiger partial charge in [-0.15, -0.1) is 0 Å². The van der Waals surface area contributed by atoms with Gasteiger partial charge in [0.25, 0.3) is 5.56 Å². The van der Waals surface area contributed by atoms with Crippen LogP contribution in [0.2, 0.25) is 0 Å². The van der Waals surface area contributed by atoms with Crippen LogP contribution in [0, 0.1) is 0 Å². The van der Waals surface area contributed by atoms with Crippen LogP contribution in [0.3, 0.4) is 0 Å². The molecule has 8 nitrogen and oxygen atoms in total. The summed E-state index contributed by atoms with van der Waals surface area (Å²) < 4.78 is 5.96. The van der Waals surface area contributed by atoms with Crippen LogP contribution in [0.5, 0.6) is 5.75 Å². The molecule has 0 fully saturated rings.